The number of halogens is 2. The summed E-state index contributed by atoms with van der Waals surface area (Å²) in [6.07, 6.45) is 4.93. The Morgan fingerprint density at radius 3 is 3.12 bits per heavy atom. The number of alkyl halides is 1. The van der Waals surface area contributed by atoms with Crippen LogP contribution in [0, 0.1) is 11.7 Å². The van der Waals surface area contributed by atoms with Crippen LogP contribution >= 0.6 is 11.6 Å². The Kier molecular flexibility index (Phi) is 4.21. The molecule has 0 aromatic carbocycles. The number of hydrogen-bond acceptors (Lipinski definition) is 2. The van der Waals surface area contributed by atoms with E-state index in [2.05, 4.69) is 16.8 Å². The van der Waals surface area contributed by atoms with Crippen molar-refractivity contribution in [3.8, 4) is 0 Å². The molecule has 0 spiro atoms. The molecular weight excluding hydrogens is 239 g/mol. The first-order chi connectivity index (χ1) is 8.24. The summed E-state index contributed by atoms with van der Waals surface area (Å²) in [6, 6.07) is 1.49. The normalized spacial score (nSPS) is 20.6. The molecule has 1 fully saturated rings. The van der Waals surface area contributed by atoms with Crippen LogP contribution in [0.1, 0.15) is 31.7 Å². The zero-order chi connectivity index (χ0) is 12.3. The van der Waals surface area contributed by atoms with Gasteiger partial charge in [0.2, 0.25) is 0 Å². The third-order valence-corrected chi connectivity index (χ3v) is 3.74. The molecule has 2 rings (SSSR count). The van der Waals surface area contributed by atoms with Crippen LogP contribution < -0.4 is 4.90 Å². The molecule has 17 heavy (non-hydrogen) atoms. The number of anilines is 1. The molecule has 1 aliphatic heterocycles. The lowest BCUT2D eigenvalue weighted by Crippen LogP contribution is -2.36. The van der Waals surface area contributed by atoms with Gasteiger partial charge >= 0.3 is 0 Å². The minimum atomic E-state index is -0.312. The highest BCUT2D eigenvalue weighted by molar-refractivity contribution is 6.17. The molecule has 2 nitrogen and oxygen atoms in total. The van der Waals surface area contributed by atoms with E-state index in [1.807, 2.05) is 0 Å². The fourth-order valence-corrected chi connectivity index (χ4v) is 2.64. The van der Waals surface area contributed by atoms with Crippen molar-refractivity contribution in [1.29, 1.82) is 0 Å². The number of aromatic nitrogens is 1. The highest BCUT2D eigenvalue weighted by Gasteiger charge is 2.21. The maximum Gasteiger partial charge on any atom is 0.141 e. The lowest BCUT2D eigenvalue weighted by atomic mass is 9.95. The number of piperidine rings is 1. The van der Waals surface area contributed by atoms with Gasteiger partial charge in [-0.15, -0.1) is 11.6 Å². The second kappa shape index (κ2) is 5.67. The molecule has 1 aromatic rings. The van der Waals surface area contributed by atoms with Crippen LogP contribution in [0.3, 0.4) is 0 Å². The van der Waals surface area contributed by atoms with Crippen molar-refractivity contribution < 1.29 is 4.39 Å². The molecule has 4 heteroatoms. The van der Waals surface area contributed by atoms with E-state index in [-0.39, 0.29) is 5.82 Å². The van der Waals surface area contributed by atoms with Crippen molar-refractivity contribution in [2.45, 2.75) is 32.1 Å². The minimum absolute atomic E-state index is 0.312. The molecule has 1 aliphatic rings. The second-order valence-electron chi connectivity index (χ2n) is 4.63. The van der Waals surface area contributed by atoms with Gasteiger partial charge in [-0.05, 0) is 24.8 Å². The van der Waals surface area contributed by atoms with Gasteiger partial charge in [-0.3, -0.25) is 0 Å². The van der Waals surface area contributed by atoms with Crippen molar-refractivity contribution >= 4 is 17.4 Å². The molecule has 1 saturated heterocycles. The van der Waals surface area contributed by atoms with E-state index >= 15 is 0 Å². The van der Waals surface area contributed by atoms with Crippen LogP contribution in [0.4, 0.5) is 10.2 Å². The second-order valence-corrected chi connectivity index (χ2v) is 4.90. The van der Waals surface area contributed by atoms with E-state index in [0.717, 1.165) is 30.4 Å². The van der Waals surface area contributed by atoms with Crippen LogP contribution in [0.2, 0.25) is 0 Å². The van der Waals surface area contributed by atoms with Crippen LogP contribution in [0.15, 0.2) is 12.3 Å². The topological polar surface area (TPSA) is 16.1 Å². The van der Waals surface area contributed by atoms with E-state index < -0.39 is 0 Å². The minimum Gasteiger partial charge on any atom is -0.356 e. The van der Waals surface area contributed by atoms with E-state index in [1.165, 1.54) is 31.5 Å². The number of nitrogens with zero attached hydrogens (tertiary/aromatic N) is 2. The van der Waals surface area contributed by atoms with Gasteiger partial charge in [0, 0.05) is 18.7 Å². The first kappa shape index (κ1) is 12.6. The third-order valence-electron chi connectivity index (χ3n) is 3.45. The number of hydrogen-bond donors (Lipinski definition) is 0. The predicted molar refractivity (Wildman–Crippen MR) is 69.0 cm³/mol. The first-order valence-corrected chi connectivity index (χ1v) is 6.73. The highest BCUT2D eigenvalue weighted by atomic mass is 35.5. The lowest BCUT2D eigenvalue weighted by molar-refractivity contribution is 0.402. The fourth-order valence-electron chi connectivity index (χ4n) is 2.45. The van der Waals surface area contributed by atoms with Crippen LogP contribution in [0.25, 0.3) is 0 Å². The summed E-state index contributed by atoms with van der Waals surface area (Å²) >= 11 is 5.86. The van der Waals surface area contributed by atoms with Crippen molar-refractivity contribution in [3.63, 3.8) is 0 Å². The van der Waals surface area contributed by atoms with Crippen LogP contribution in [-0.4, -0.2) is 18.1 Å². The van der Waals surface area contributed by atoms with E-state index in [4.69, 9.17) is 11.6 Å². The van der Waals surface area contributed by atoms with Gasteiger partial charge in [-0.25, -0.2) is 9.37 Å². The Morgan fingerprint density at radius 2 is 2.41 bits per heavy atom. The molecular formula is C13H18ClFN2. The summed E-state index contributed by atoms with van der Waals surface area (Å²) in [4.78, 5) is 6.45. The molecule has 1 atom stereocenters. The van der Waals surface area contributed by atoms with E-state index in [1.54, 1.807) is 0 Å². The van der Waals surface area contributed by atoms with Gasteiger partial charge in [-0.2, -0.15) is 0 Å². The molecule has 1 aromatic heterocycles. The smallest absolute Gasteiger partial charge is 0.141 e. The Hall–Kier alpha value is -0.830. The Morgan fingerprint density at radius 1 is 1.59 bits per heavy atom. The molecule has 1 unspecified atom stereocenters. The van der Waals surface area contributed by atoms with Crippen molar-refractivity contribution in [1.82, 2.24) is 4.98 Å². The zero-order valence-electron chi connectivity index (χ0n) is 10.1. The average molecular weight is 257 g/mol. The molecule has 0 saturated carbocycles. The van der Waals surface area contributed by atoms with Crippen LogP contribution in [-0.2, 0) is 5.88 Å². The number of rotatable bonds is 3. The van der Waals surface area contributed by atoms with E-state index in [9.17, 15) is 4.39 Å². The molecule has 2 heterocycles. The largest absolute Gasteiger partial charge is 0.356 e. The Bertz CT molecular complexity index is 384. The number of pyridine rings is 1. The monoisotopic (exact) mass is 256 g/mol. The maximum atomic E-state index is 13.1. The van der Waals surface area contributed by atoms with Crippen molar-refractivity contribution in [3.05, 3.63) is 23.6 Å². The van der Waals surface area contributed by atoms with Gasteiger partial charge in [0.15, 0.2) is 0 Å². The fraction of sp³-hybridized carbons (Fsp3) is 0.615. The van der Waals surface area contributed by atoms with E-state index in [0.29, 0.717) is 5.88 Å². The summed E-state index contributed by atoms with van der Waals surface area (Å²) in [5, 5.41) is 0. The zero-order valence-corrected chi connectivity index (χ0v) is 10.9. The average Bonchev–Trinajstić information content (AvgIpc) is 2.38. The van der Waals surface area contributed by atoms with Crippen molar-refractivity contribution in [2.24, 2.45) is 5.92 Å². The highest BCUT2D eigenvalue weighted by Crippen LogP contribution is 2.27. The maximum absolute atomic E-state index is 13.1. The van der Waals surface area contributed by atoms with Gasteiger partial charge in [0.25, 0.3) is 0 Å². The molecule has 0 aliphatic carbocycles. The molecule has 94 valence electrons. The quantitative estimate of drug-likeness (QED) is 0.769. The summed E-state index contributed by atoms with van der Waals surface area (Å²) in [6.45, 7) is 4.23. The summed E-state index contributed by atoms with van der Waals surface area (Å²) in [5.41, 5.74) is 0.795. The summed E-state index contributed by atoms with van der Waals surface area (Å²) in [5.74, 6) is 1.58. The van der Waals surface area contributed by atoms with Gasteiger partial charge < -0.3 is 4.90 Å². The van der Waals surface area contributed by atoms with Crippen LogP contribution in [0.5, 0.6) is 0 Å². The standard InChI is InChI=1S/C13H18ClFN2/c1-2-10-4-3-5-17(9-10)13-11(7-14)6-12(15)8-16-13/h6,8,10H,2-5,7,9H2,1H3. The predicted octanol–water partition coefficient (Wildman–Crippen LogP) is 3.59. The molecule has 0 bridgehead atoms. The Labute approximate surface area is 107 Å². The molecule has 0 radical (unpaired) electrons. The molecule has 0 amide bonds. The van der Waals surface area contributed by atoms with Gasteiger partial charge in [-0.1, -0.05) is 13.3 Å². The lowest BCUT2D eigenvalue weighted by Gasteiger charge is -2.34. The van der Waals surface area contributed by atoms with Gasteiger partial charge in [0.05, 0.1) is 12.1 Å². The van der Waals surface area contributed by atoms with Crippen molar-refractivity contribution in [2.75, 3.05) is 18.0 Å². The summed E-state index contributed by atoms with van der Waals surface area (Å²) in [7, 11) is 0. The summed E-state index contributed by atoms with van der Waals surface area (Å²) < 4.78 is 13.1. The molecule has 0 N–H and O–H groups in total. The van der Waals surface area contributed by atoms with Gasteiger partial charge in [0.1, 0.15) is 11.6 Å². The Balaban J connectivity index is 2.20. The SMILES string of the molecule is CCC1CCCN(c2ncc(F)cc2CCl)C1. The third kappa shape index (κ3) is 2.89. The first-order valence-electron chi connectivity index (χ1n) is 6.20.